The fraction of sp³-hybridized carbons (Fsp3) is 0.538. The second-order valence-corrected chi connectivity index (χ2v) is 5.78. The van der Waals surface area contributed by atoms with Gasteiger partial charge in [-0.2, -0.15) is 0 Å². The lowest BCUT2D eigenvalue weighted by Gasteiger charge is -2.29. The van der Waals surface area contributed by atoms with Crippen molar-refractivity contribution in [3.05, 3.63) is 35.4 Å². The van der Waals surface area contributed by atoms with Crippen molar-refractivity contribution in [3.8, 4) is 0 Å². The highest BCUT2D eigenvalue weighted by Crippen LogP contribution is 2.31. The molecule has 90 valence electrons. The zero-order chi connectivity index (χ0) is 12.3. The summed E-state index contributed by atoms with van der Waals surface area (Å²) in [7, 11) is 0. The predicted octanol–water partition coefficient (Wildman–Crippen LogP) is 4.56. The molecule has 0 radical (unpaired) electrons. The van der Waals surface area contributed by atoms with E-state index in [9.17, 15) is 8.78 Å². The van der Waals surface area contributed by atoms with Gasteiger partial charge in [0.25, 0.3) is 0 Å². The highest BCUT2D eigenvalue weighted by molar-refractivity contribution is 9.09. The maximum Gasteiger partial charge on any atom is 0.162 e. The number of hydrogen-bond donors (Lipinski definition) is 0. The van der Waals surface area contributed by atoms with Crippen LogP contribution in [-0.4, -0.2) is 5.33 Å². The molecule has 1 atom stereocenters. The standard InChI is InChI=1S/C13H17BrF2/c1-13(2,3)10(8-14)7-9-5-4-6-11(15)12(9)16/h4-6,10H,7-8H2,1-3H3. The van der Waals surface area contributed by atoms with E-state index >= 15 is 0 Å². The van der Waals surface area contributed by atoms with Crippen molar-refractivity contribution in [2.75, 3.05) is 5.33 Å². The minimum Gasteiger partial charge on any atom is -0.204 e. The SMILES string of the molecule is CC(C)(C)C(CBr)Cc1cccc(F)c1F. The molecule has 3 heteroatoms. The zero-order valence-corrected chi connectivity index (χ0v) is 11.4. The first-order chi connectivity index (χ1) is 7.36. The first kappa shape index (κ1) is 13.6. The second-order valence-electron chi connectivity index (χ2n) is 5.13. The smallest absolute Gasteiger partial charge is 0.162 e. The molecule has 0 N–H and O–H groups in total. The molecule has 1 unspecified atom stereocenters. The largest absolute Gasteiger partial charge is 0.204 e. The lowest BCUT2D eigenvalue weighted by atomic mass is 9.78. The van der Waals surface area contributed by atoms with Gasteiger partial charge in [0.2, 0.25) is 0 Å². The van der Waals surface area contributed by atoms with E-state index in [2.05, 4.69) is 36.7 Å². The molecule has 0 aliphatic rings. The van der Waals surface area contributed by atoms with Crippen molar-refractivity contribution in [1.29, 1.82) is 0 Å². The van der Waals surface area contributed by atoms with Crippen LogP contribution in [0.25, 0.3) is 0 Å². The molecule has 0 aromatic heterocycles. The second kappa shape index (κ2) is 5.26. The van der Waals surface area contributed by atoms with Gasteiger partial charge in [0.05, 0.1) is 0 Å². The van der Waals surface area contributed by atoms with Crippen LogP contribution in [0.5, 0.6) is 0 Å². The number of hydrogen-bond acceptors (Lipinski definition) is 0. The Bertz CT molecular complexity index is 355. The van der Waals surface area contributed by atoms with Gasteiger partial charge in [0.15, 0.2) is 11.6 Å². The Morgan fingerprint density at radius 3 is 2.38 bits per heavy atom. The predicted molar refractivity (Wildman–Crippen MR) is 66.8 cm³/mol. The lowest BCUT2D eigenvalue weighted by molar-refractivity contribution is 0.264. The summed E-state index contributed by atoms with van der Waals surface area (Å²) in [6, 6.07) is 4.36. The first-order valence-corrected chi connectivity index (χ1v) is 6.47. The van der Waals surface area contributed by atoms with E-state index in [4.69, 9.17) is 0 Å². The summed E-state index contributed by atoms with van der Waals surface area (Å²) in [6.07, 6.45) is 0.554. The highest BCUT2D eigenvalue weighted by Gasteiger charge is 2.25. The van der Waals surface area contributed by atoms with Gasteiger partial charge < -0.3 is 0 Å². The molecule has 0 aliphatic heterocycles. The van der Waals surface area contributed by atoms with Crippen LogP contribution in [0, 0.1) is 23.0 Å². The highest BCUT2D eigenvalue weighted by atomic mass is 79.9. The Morgan fingerprint density at radius 2 is 1.88 bits per heavy atom. The molecule has 0 fully saturated rings. The molecule has 1 aromatic rings. The van der Waals surface area contributed by atoms with E-state index in [1.54, 1.807) is 12.1 Å². The third-order valence-electron chi connectivity index (χ3n) is 2.91. The quantitative estimate of drug-likeness (QED) is 0.716. The molecule has 0 nitrogen and oxygen atoms in total. The molecule has 0 bridgehead atoms. The van der Waals surface area contributed by atoms with Gasteiger partial charge >= 0.3 is 0 Å². The van der Waals surface area contributed by atoms with Gasteiger partial charge in [-0.3, -0.25) is 0 Å². The molecule has 0 saturated heterocycles. The van der Waals surface area contributed by atoms with Crippen molar-refractivity contribution in [2.45, 2.75) is 27.2 Å². The van der Waals surface area contributed by atoms with Crippen molar-refractivity contribution in [2.24, 2.45) is 11.3 Å². The lowest BCUT2D eigenvalue weighted by Crippen LogP contribution is -2.24. The van der Waals surface area contributed by atoms with Crippen LogP contribution in [0.15, 0.2) is 18.2 Å². The average Bonchev–Trinajstić information content (AvgIpc) is 2.18. The first-order valence-electron chi connectivity index (χ1n) is 5.35. The number of rotatable bonds is 3. The van der Waals surface area contributed by atoms with Gasteiger partial charge in [-0.05, 0) is 29.4 Å². The van der Waals surface area contributed by atoms with E-state index in [0.717, 1.165) is 11.4 Å². The van der Waals surface area contributed by atoms with Crippen LogP contribution in [0.1, 0.15) is 26.3 Å². The Balaban J connectivity index is 2.91. The fourth-order valence-electron chi connectivity index (χ4n) is 1.56. The summed E-state index contributed by atoms with van der Waals surface area (Å²) >= 11 is 3.44. The van der Waals surface area contributed by atoms with E-state index in [0.29, 0.717) is 12.0 Å². The van der Waals surface area contributed by atoms with Crippen molar-refractivity contribution in [1.82, 2.24) is 0 Å². The number of halogens is 3. The summed E-state index contributed by atoms with van der Waals surface area (Å²) in [4.78, 5) is 0. The van der Waals surface area contributed by atoms with Crippen LogP contribution >= 0.6 is 15.9 Å². The molecule has 1 rings (SSSR count). The van der Waals surface area contributed by atoms with Crippen LogP contribution in [0.2, 0.25) is 0 Å². The van der Waals surface area contributed by atoms with Crippen molar-refractivity contribution >= 4 is 15.9 Å². The maximum absolute atomic E-state index is 13.5. The van der Waals surface area contributed by atoms with Gasteiger partial charge in [-0.15, -0.1) is 0 Å². The Labute approximate surface area is 104 Å². The number of benzene rings is 1. The summed E-state index contributed by atoms with van der Waals surface area (Å²) in [5.74, 6) is -1.19. The molecular weight excluding hydrogens is 274 g/mol. The Morgan fingerprint density at radius 1 is 1.25 bits per heavy atom. The molecule has 0 saturated carbocycles. The minimum atomic E-state index is -0.764. The third-order valence-corrected chi connectivity index (χ3v) is 3.69. The molecule has 0 aliphatic carbocycles. The van der Waals surface area contributed by atoms with Gasteiger partial charge in [-0.25, -0.2) is 8.78 Å². The summed E-state index contributed by atoms with van der Waals surface area (Å²) in [6.45, 7) is 6.32. The molecular formula is C13H17BrF2. The van der Waals surface area contributed by atoms with E-state index < -0.39 is 11.6 Å². The Hall–Kier alpha value is -0.440. The molecule has 0 spiro atoms. The van der Waals surface area contributed by atoms with Gasteiger partial charge in [-0.1, -0.05) is 48.8 Å². The monoisotopic (exact) mass is 290 g/mol. The van der Waals surface area contributed by atoms with Gasteiger partial charge in [0, 0.05) is 5.33 Å². The normalized spacial score (nSPS) is 13.9. The van der Waals surface area contributed by atoms with E-state index in [1.807, 2.05) is 0 Å². The fourth-order valence-corrected chi connectivity index (χ4v) is 2.76. The average molecular weight is 291 g/mol. The molecule has 1 aromatic carbocycles. The van der Waals surface area contributed by atoms with Gasteiger partial charge in [0.1, 0.15) is 0 Å². The van der Waals surface area contributed by atoms with Crippen LogP contribution < -0.4 is 0 Å². The van der Waals surface area contributed by atoms with E-state index in [-0.39, 0.29) is 11.3 Å². The molecule has 16 heavy (non-hydrogen) atoms. The van der Waals surface area contributed by atoms with Crippen LogP contribution in [-0.2, 0) is 6.42 Å². The minimum absolute atomic E-state index is 0.0717. The summed E-state index contributed by atoms with van der Waals surface area (Å²) in [5.41, 5.74) is 0.529. The summed E-state index contributed by atoms with van der Waals surface area (Å²) in [5, 5.41) is 0.784. The van der Waals surface area contributed by atoms with Crippen LogP contribution in [0.4, 0.5) is 8.78 Å². The maximum atomic E-state index is 13.5. The Kier molecular flexibility index (Phi) is 4.48. The third kappa shape index (κ3) is 3.27. The molecule has 0 heterocycles. The number of alkyl halides is 1. The zero-order valence-electron chi connectivity index (χ0n) is 9.86. The van der Waals surface area contributed by atoms with Crippen LogP contribution in [0.3, 0.4) is 0 Å². The van der Waals surface area contributed by atoms with Crippen molar-refractivity contribution in [3.63, 3.8) is 0 Å². The molecule has 0 amide bonds. The summed E-state index contributed by atoms with van der Waals surface area (Å²) < 4.78 is 26.5. The topological polar surface area (TPSA) is 0 Å². The van der Waals surface area contributed by atoms with E-state index in [1.165, 1.54) is 0 Å². The van der Waals surface area contributed by atoms with Crippen molar-refractivity contribution < 1.29 is 8.78 Å².